The van der Waals surface area contributed by atoms with Crippen LogP contribution in [0.4, 0.5) is 5.69 Å². The van der Waals surface area contributed by atoms with Crippen molar-refractivity contribution in [3.63, 3.8) is 0 Å². The Hall–Kier alpha value is -1.57. The third-order valence-corrected chi connectivity index (χ3v) is 3.30. The fourth-order valence-electron chi connectivity index (χ4n) is 1.98. The molecule has 2 N–H and O–H groups in total. The predicted molar refractivity (Wildman–Crippen MR) is 64.9 cm³/mol. The Labute approximate surface area is 101 Å². The van der Waals surface area contributed by atoms with Crippen LogP contribution >= 0.6 is 0 Å². The summed E-state index contributed by atoms with van der Waals surface area (Å²) in [6, 6.07) is 5.77. The molecule has 2 atom stereocenters. The average Bonchev–Trinajstić information content (AvgIpc) is 2.71. The first-order valence-electron chi connectivity index (χ1n) is 5.66. The molecule has 0 unspecified atom stereocenters. The fourth-order valence-corrected chi connectivity index (χ4v) is 1.98. The lowest BCUT2D eigenvalue weighted by molar-refractivity contribution is 0.125. The number of aliphatic hydroxyl groups excluding tert-OH is 1. The normalized spacial score (nSPS) is 23.4. The van der Waals surface area contributed by atoms with Gasteiger partial charge in [-0.3, -0.25) is 0 Å². The maximum Gasteiger partial charge on any atom is 0.0996 e. The molecule has 4 heteroatoms. The zero-order chi connectivity index (χ0) is 12.4. The van der Waals surface area contributed by atoms with Crippen molar-refractivity contribution >= 4 is 5.69 Å². The monoisotopic (exact) mass is 232 g/mol. The lowest BCUT2D eigenvalue weighted by Crippen LogP contribution is -2.32. The summed E-state index contributed by atoms with van der Waals surface area (Å²) in [6.45, 7) is 4.80. The van der Waals surface area contributed by atoms with E-state index in [1.807, 2.05) is 19.9 Å². The number of benzene rings is 1. The Balaban J connectivity index is 2.22. The van der Waals surface area contributed by atoms with Gasteiger partial charge in [-0.05, 0) is 37.1 Å². The van der Waals surface area contributed by atoms with Gasteiger partial charge in [0.25, 0.3) is 0 Å². The van der Waals surface area contributed by atoms with Crippen LogP contribution in [0, 0.1) is 25.2 Å². The third kappa shape index (κ3) is 2.26. The maximum absolute atomic E-state index is 9.67. The van der Waals surface area contributed by atoms with E-state index in [0.717, 1.165) is 16.8 Å². The first-order valence-corrected chi connectivity index (χ1v) is 5.66. The summed E-state index contributed by atoms with van der Waals surface area (Å²) >= 11 is 0. The van der Waals surface area contributed by atoms with Crippen LogP contribution in [0.15, 0.2) is 12.1 Å². The van der Waals surface area contributed by atoms with Crippen molar-refractivity contribution < 1.29 is 9.84 Å². The van der Waals surface area contributed by atoms with Crippen LogP contribution in [0.3, 0.4) is 0 Å². The second-order valence-electron chi connectivity index (χ2n) is 4.38. The first-order chi connectivity index (χ1) is 8.13. The Bertz CT molecular complexity index is 465. The van der Waals surface area contributed by atoms with Crippen molar-refractivity contribution in [3.8, 4) is 6.07 Å². The van der Waals surface area contributed by atoms with Gasteiger partial charge in [-0.25, -0.2) is 0 Å². The zero-order valence-corrected chi connectivity index (χ0v) is 10.0. The Kier molecular flexibility index (Phi) is 3.32. The van der Waals surface area contributed by atoms with Gasteiger partial charge in [0.15, 0.2) is 0 Å². The van der Waals surface area contributed by atoms with Crippen LogP contribution < -0.4 is 5.32 Å². The molecule has 1 aromatic rings. The van der Waals surface area contributed by atoms with Crippen LogP contribution in [0.5, 0.6) is 0 Å². The smallest absolute Gasteiger partial charge is 0.0996 e. The molecule has 1 saturated heterocycles. The molecule has 0 bridgehead atoms. The lowest BCUT2D eigenvalue weighted by Gasteiger charge is -2.19. The van der Waals surface area contributed by atoms with Crippen molar-refractivity contribution in [1.82, 2.24) is 0 Å². The molecule has 0 aliphatic carbocycles. The number of hydrogen-bond donors (Lipinski definition) is 2. The summed E-state index contributed by atoms with van der Waals surface area (Å²) in [5.41, 5.74) is 3.67. The van der Waals surface area contributed by atoms with Crippen molar-refractivity contribution in [2.45, 2.75) is 26.0 Å². The summed E-state index contributed by atoms with van der Waals surface area (Å²) in [5, 5.41) is 21.9. The summed E-state index contributed by atoms with van der Waals surface area (Å²) in [7, 11) is 0. The van der Waals surface area contributed by atoms with Gasteiger partial charge in [0.05, 0.1) is 37.0 Å². The SMILES string of the molecule is Cc1c(C#N)ccc(N[C@@H]2COC[C@@H]2O)c1C. The second-order valence-corrected chi connectivity index (χ2v) is 4.38. The molecule has 4 nitrogen and oxygen atoms in total. The van der Waals surface area contributed by atoms with Crippen molar-refractivity contribution in [3.05, 3.63) is 28.8 Å². The highest BCUT2D eigenvalue weighted by atomic mass is 16.5. The molecule has 17 heavy (non-hydrogen) atoms. The van der Waals surface area contributed by atoms with Crippen LogP contribution in [-0.2, 0) is 4.74 Å². The van der Waals surface area contributed by atoms with E-state index in [-0.39, 0.29) is 6.04 Å². The second kappa shape index (κ2) is 4.74. The minimum absolute atomic E-state index is 0.0685. The highest BCUT2D eigenvalue weighted by Gasteiger charge is 2.26. The topological polar surface area (TPSA) is 65.3 Å². The number of nitriles is 1. The van der Waals surface area contributed by atoms with E-state index in [0.29, 0.717) is 18.8 Å². The number of rotatable bonds is 2. The highest BCUT2D eigenvalue weighted by Crippen LogP contribution is 2.23. The molecule has 1 aliphatic rings. The molecule has 1 fully saturated rings. The van der Waals surface area contributed by atoms with E-state index in [2.05, 4.69) is 11.4 Å². The number of anilines is 1. The highest BCUT2D eigenvalue weighted by molar-refractivity contribution is 5.59. The summed E-state index contributed by atoms with van der Waals surface area (Å²) in [4.78, 5) is 0. The van der Waals surface area contributed by atoms with E-state index in [9.17, 15) is 5.11 Å². The minimum Gasteiger partial charge on any atom is -0.388 e. The van der Waals surface area contributed by atoms with E-state index in [1.165, 1.54) is 0 Å². The quantitative estimate of drug-likeness (QED) is 0.807. The van der Waals surface area contributed by atoms with E-state index in [4.69, 9.17) is 10.00 Å². The Morgan fingerprint density at radius 3 is 2.71 bits per heavy atom. The van der Waals surface area contributed by atoms with Gasteiger partial charge in [0, 0.05) is 5.69 Å². The molecule has 0 amide bonds. The Morgan fingerprint density at radius 1 is 1.35 bits per heavy atom. The van der Waals surface area contributed by atoms with Crippen LogP contribution in [0.25, 0.3) is 0 Å². The molecular formula is C13H16N2O2. The minimum atomic E-state index is -0.467. The third-order valence-electron chi connectivity index (χ3n) is 3.30. The molecule has 1 heterocycles. The van der Waals surface area contributed by atoms with Gasteiger partial charge in [-0.1, -0.05) is 0 Å². The number of nitrogens with zero attached hydrogens (tertiary/aromatic N) is 1. The van der Waals surface area contributed by atoms with Gasteiger partial charge in [0.1, 0.15) is 0 Å². The van der Waals surface area contributed by atoms with E-state index in [1.54, 1.807) is 6.07 Å². The summed E-state index contributed by atoms with van der Waals surface area (Å²) in [5.74, 6) is 0. The molecule has 2 rings (SSSR count). The number of nitrogens with one attached hydrogen (secondary N) is 1. The maximum atomic E-state index is 9.67. The lowest BCUT2D eigenvalue weighted by atomic mass is 10.0. The van der Waals surface area contributed by atoms with Crippen LogP contribution in [0.1, 0.15) is 16.7 Å². The number of aliphatic hydroxyl groups is 1. The largest absolute Gasteiger partial charge is 0.388 e. The van der Waals surface area contributed by atoms with Crippen LogP contribution in [0.2, 0.25) is 0 Å². The first kappa shape index (κ1) is 11.9. The van der Waals surface area contributed by atoms with E-state index >= 15 is 0 Å². The van der Waals surface area contributed by atoms with Gasteiger partial charge in [-0.15, -0.1) is 0 Å². The molecule has 90 valence electrons. The van der Waals surface area contributed by atoms with Crippen molar-refractivity contribution in [2.24, 2.45) is 0 Å². The van der Waals surface area contributed by atoms with E-state index < -0.39 is 6.10 Å². The van der Waals surface area contributed by atoms with Crippen LogP contribution in [-0.4, -0.2) is 30.5 Å². The van der Waals surface area contributed by atoms with Gasteiger partial charge in [-0.2, -0.15) is 5.26 Å². The Morgan fingerprint density at radius 2 is 2.12 bits per heavy atom. The molecule has 0 radical (unpaired) electrons. The molecule has 0 aromatic heterocycles. The van der Waals surface area contributed by atoms with Crippen molar-refractivity contribution in [2.75, 3.05) is 18.5 Å². The molecule has 0 spiro atoms. The molecular weight excluding hydrogens is 216 g/mol. The fraction of sp³-hybridized carbons (Fsp3) is 0.462. The molecule has 1 aliphatic heterocycles. The number of ether oxygens (including phenoxy) is 1. The van der Waals surface area contributed by atoms with Gasteiger partial charge >= 0.3 is 0 Å². The summed E-state index contributed by atoms with van der Waals surface area (Å²) < 4.78 is 5.19. The number of hydrogen-bond acceptors (Lipinski definition) is 4. The predicted octanol–water partition coefficient (Wildman–Crippen LogP) is 1.35. The zero-order valence-electron chi connectivity index (χ0n) is 10.0. The average molecular weight is 232 g/mol. The molecule has 1 aromatic carbocycles. The standard InChI is InChI=1S/C13H16N2O2/c1-8-9(2)11(4-3-10(8)5-14)15-12-6-17-7-13(12)16/h3-4,12-13,15-16H,6-7H2,1-2H3/t12-,13+/m1/s1. The summed E-state index contributed by atoms with van der Waals surface area (Å²) in [6.07, 6.45) is -0.467. The van der Waals surface area contributed by atoms with Gasteiger partial charge in [0.2, 0.25) is 0 Å². The van der Waals surface area contributed by atoms with Crippen molar-refractivity contribution in [1.29, 1.82) is 5.26 Å². The van der Waals surface area contributed by atoms with Gasteiger partial charge < -0.3 is 15.2 Å². The molecule has 0 saturated carbocycles.